The summed E-state index contributed by atoms with van der Waals surface area (Å²) in [5.41, 5.74) is 7.31. The van der Waals surface area contributed by atoms with Gasteiger partial charge in [-0.15, -0.1) is 11.8 Å². The van der Waals surface area contributed by atoms with Crippen molar-refractivity contribution >= 4 is 40.5 Å². The second kappa shape index (κ2) is 4.14. The van der Waals surface area contributed by atoms with E-state index in [1.54, 1.807) is 0 Å². The fraction of sp³-hybridized carbons (Fsp3) is 0.444. The molecule has 1 saturated heterocycles. The topological polar surface area (TPSA) is 69.6 Å². The molecule has 1 fully saturated rings. The fourth-order valence-electron chi connectivity index (χ4n) is 1.72. The molecule has 0 aromatic carbocycles. The zero-order chi connectivity index (χ0) is 11.0. The Balaban J connectivity index is 2.06. The first-order valence-electron chi connectivity index (χ1n) is 4.98. The zero-order valence-electron chi connectivity index (χ0n) is 8.54. The van der Waals surface area contributed by atoms with E-state index >= 15 is 0 Å². The van der Waals surface area contributed by atoms with E-state index in [4.69, 9.17) is 5.73 Å². The van der Waals surface area contributed by atoms with Crippen molar-refractivity contribution in [1.29, 1.82) is 0 Å². The van der Waals surface area contributed by atoms with Crippen LogP contribution in [0.25, 0.3) is 11.2 Å². The van der Waals surface area contributed by atoms with Crippen molar-refractivity contribution in [2.75, 3.05) is 23.0 Å². The Morgan fingerprint density at radius 1 is 1.31 bits per heavy atom. The van der Waals surface area contributed by atoms with Gasteiger partial charge in [-0.1, -0.05) is 0 Å². The van der Waals surface area contributed by atoms with Crippen molar-refractivity contribution in [1.82, 2.24) is 19.5 Å². The Kier molecular flexibility index (Phi) is 2.64. The lowest BCUT2D eigenvalue weighted by Crippen LogP contribution is -2.13. The maximum Gasteiger partial charge on any atom is 0.166 e. The van der Waals surface area contributed by atoms with E-state index in [2.05, 4.69) is 19.5 Å². The third-order valence-electron chi connectivity index (χ3n) is 2.50. The largest absolute Gasteiger partial charge is 0.382 e. The van der Waals surface area contributed by atoms with Gasteiger partial charge in [0.15, 0.2) is 11.5 Å². The van der Waals surface area contributed by atoms with Crippen molar-refractivity contribution in [2.24, 2.45) is 0 Å². The molecule has 2 aromatic heterocycles. The normalized spacial score (nSPS) is 21.4. The molecule has 3 rings (SSSR count). The third-order valence-corrected chi connectivity index (χ3v) is 5.23. The molecule has 84 valence electrons. The molecule has 0 aliphatic carbocycles. The van der Waals surface area contributed by atoms with Crippen LogP contribution in [0.1, 0.15) is 5.37 Å². The average molecular weight is 253 g/mol. The molecule has 2 aromatic rings. The number of hydrogen-bond acceptors (Lipinski definition) is 6. The van der Waals surface area contributed by atoms with E-state index in [9.17, 15) is 0 Å². The molecule has 1 aliphatic heterocycles. The number of nitrogens with two attached hydrogens (primary N) is 1. The first-order chi connectivity index (χ1) is 7.86. The summed E-state index contributed by atoms with van der Waals surface area (Å²) in [5.74, 6) is 3.96. The quantitative estimate of drug-likeness (QED) is 0.828. The Morgan fingerprint density at radius 3 is 3.06 bits per heavy atom. The van der Waals surface area contributed by atoms with Crippen LogP contribution in [0.3, 0.4) is 0 Å². The second-order valence-corrected chi connectivity index (χ2v) is 5.92. The number of thioether (sulfide) groups is 2. The molecule has 1 aliphatic rings. The van der Waals surface area contributed by atoms with Crippen LogP contribution in [0.4, 0.5) is 5.82 Å². The van der Waals surface area contributed by atoms with E-state index < -0.39 is 0 Å². The van der Waals surface area contributed by atoms with Crippen LogP contribution in [0.5, 0.6) is 0 Å². The summed E-state index contributed by atoms with van der Waals surface area (Å²) in [7, 11) is 0. The molecular formula is C9H11N5S2. The minimum atomic E-state index is 0.415. The minimum absolute atomic E-state index is 0.415. The SMILES string of the molecule is Nc1ncnc2c1ncn2C1CSCCS1. The van der Waals surface area contributed by atoms with Crippen molar-refractivity contribution in [3.8, 4) is 0 Å². The van der Waals surface area contributed by atoms with E-state index in [1.807, 2.05) is 29.9 Å². The van der Waals surface area contributed by atoms with Gasteiger partial charge in [0.25, 0.3) is 0 Å². The van der Waals surface area contributed by atoms with Gasteiger partial charge in [0.1, 0.15) is 11.8 Å². The highest BCUT2D eigenvalue weighted by molar-refractivity contribution is 8.06. The van der Waals surface area contributed by atoms with Crippen molar-refractivity contribution in [3.05, 3.63) is 12.7 Å². The molecule has 0 amide bonds. The van der Waals surface area contributed by atoms with Crippen molar-refractivity contribution in [2.45, 2.75) is 5.37 Å². The first kappa shape index (κ1) is 10.2. The number of nitrogen functional groups attached to an aromatic ring is 1. The number of imidazole rings is 1. The van der Waals surface area contributed by atoms with Crippen LogP contribution in [-0.2, 0) is 0 Å². The molecule has 2 N–H and O–H groups in total. The monoisotopic (exact) mass is 253 g/mol. The summed E-state index contributed by atoms with van der Waals surface area (Å²) in [6.07, 6.45) is 3.32. The Bertz CT molecular complexity index is 506. The number of hydrogen-bond donors (Lipinski definition) is 1. The van der Waals surface area contributed by atoms with Crippen LogP contribution in [0.15, 0.2) is 12.7 Å². The fourth-order valence-corrected chi connectivity index (χ4v) is 4.36. The average Bonchev–Trinajstić information content (AvgIpc) is 2.75. The summed E-state index contributed by atoms with van der Waals surface area (Å²) < 4.78 is 2.10. The maximum absolute atomic E-state index is 5.76. The predicted octanol–water partition coefficient (Wildman–Crippen LogP) is 1.39. The van der Waals surface area contributed by atoms with E-state index in [1.165, 1.54) is 17.8 Å². The summed E-state index contributed by atoms with van der Waals surface area (Å²) in [6.45, 7) is 0. The summed E-state index contributed by atoms with van der Waals surface area (Å²) in [4.78, 5) is 12.5. The predicted molar refractivity (Wildman–Crippen MR) is 68.6 cm³/mol. The third kappa shape index (κ3) is 1.63. The van der Waals surface area contributed by atoms with Gasteiger partial charge in [0.2, 0.25) is 0 Å². The summed E-state index contributed by atoms with van der Waals surface area (Å²) >= 11 is 3.91. The molecule has 0 spiro atoms. The molecule has 0 bridgehead atoms. The Labute approximate surface area is 101 Å². The highest BCUT2D eigenvalue weighted by atomic mass is 32.2. The summed E-state index contributed by atoms with van der Waals surface area (Å²) in [5, 5.41) is 0.415. The number of aromatic nitrogens is 4. The van der Waals surface area contributed by atoms with E-state index in [-0.39, 0.29) is 0 Å². The van der Waals surface area contributed by atoms with Gasteiger partial charge in [0.05, 0.1) is 11.7 Å². The van der Waals surface area contributed by atoms with E-state index in [0.29, 0.717) is 16.7 Å². The van der Waals surface area contributed by atoms with Gasteiger partial charge < -0.3 is 10.3 Å². The van der Waals surface area contributed by atoms with Gasteiger partial charge in [0, 0.05) is 17.3 Å². The second-order valence-electron chi connectivity index (χ2n) is 3.48. The van der Waals surface area contributed by atoms with Gasteiger partial charge in [-0.3, -0.25) is 0 Å². The number of fused-ring (bicyclic) bond motifs is 1. The molecule has 7 heteroatoms. The molecule has 0 radical (unpaired) electrons. The Morgan fingerprint density at radius 2 is 2.25 bits per heavy atom. The zero-order valence-corrected chi connectivity index (χ0v) is 10.2. The lowest BCUT2D eigenvalue weighted by Gasteiger charge is -2.22. The van der Waals surface area contributed by atoms with Crippen LogP contribution >= 0.6 is 23.5 Å². The van der Waals surface area contributed by atoms with Gasteiger partial charge >= 0.3 is 0 Å². The van der Waals surface area contributed by atoms with E-state index in [0.717, 1.165) is 11.4 Å². The van der Waals surface area contributed by atoms with Gasteiger partial charge in [-0.25, -0.2) is 15.0 Å². The summed E-state index contributed by atoms with van der Waals surface area (Å²) in [6, 6.07) is 0. The lowest BCUT2D eigenvalue weighted by molar-refractivity contribution is 0.760. The highest BCUT2D eigenvalue weighted by Crippen LogP contribution is 2.34. The molecule has 1 unspecified atom stereocenters. The van der Waals surface area contributed by atoms with Crippen LogP contribution in [-0.4, -0.2) is 36.8 Å². The number of anilines is 1. The van der Waals surface area contributed by atoms with Crippen molar-refractivity contribution < 1.29 is 0 Å². The Hall–Kier alpha value is -0.950. The lowest BCUT2D eigenvalue weighted by atomic mass is 10.5. The minimum Gasteiger partial charge on any atom is -0.382 e. The van der Waals surface area contributed by atoms with Gasteiger partial charge in [-0.2, -0.15) is 11.8 Å². The molecule has 5 nitrogen and oxygen atoms in total. The standard InChI is InChI=1S/C9H11N5S2/c10-8-7-9(12-4-11-8)14(5-13-7)6-3-15-1-2-16-6/h4-6H,1-3H2,(H2,10,11,12). The van der Waals surface area contributed by atoms with Crippen LogP contribution in [0, 0.1) is 0 Å². The van der Waals surface area contributed by atoms with Crippen molar-refractivity contribution in [3.63, 3.8) is 0 Å². The molecule has 3 heterocycles. The number of nitrogens with zero attached hydrogens (tertiary/aromatic N) is 4. The first-order valence-corrected chi connectivity index (χ1v) is 7.19. The molecule has 1 atom stereocenters. The van der Waals surface area contributed by atoms with Crippen LogP contribution < -0.4 is 5.73 Å². The smallest absolute Gasteiger partial charge is 0.166 e. The number of rotatable bonds is 1. The highest BCUT2D eigenvalue weighted by Gasteiger charge is 2.19. The molecule has 16 heavy (non-hydrogen) atoms. The molecular weight excluding hydrogens is 242 g/mol. The van der Waals surface area contributed by atoms with Crippen LogP contribution in [0.2, 0.25) is 0 Å². The van der Waals surface area contributed by atoms with Gasteiger partial charge in [-0.05, 0) is 0 Å². The maximum atomic E-state index is 5.76. The molecule has 0 saturated carbocycles.